The zero-order chi connectivity index (χ0) is 20.8. The molecule has 1 atom stereocenters. The lowest BCUT2D eigenvalue weighted by Gasteiger charge is -2.16. The van der Waals surface area contributed by atoms with Crippen LogP contribution in [0.1, 0.15) is 17.3 Å². The number of hydrogen-bond acceptors (Lipinski definition) is 4. The maximum atomic E-state index is 13.8. The van der Waals surface area contributed by atoms with Crippen LogP contribution < -0.4 is 10.1 Å². The molecule has 0 saturated carbocycles. The van der Waals surface area contributed by atoms with Crippen molar-refractivity contribution in [2.75, 3.05) is 12.4 Å². The Morgan fingerprint density at radius 1 is 0.966 bits per heavy atom. The van der Waals surface area contributed by atoms with Gasteiger partial charge in [-0.3, -0.25) is 4.79 Å². The SMILES string of the molecule is COc1ccc(C(=O)OC(C)C(=O)Nc2ccccc2-c2ccccc2)cc1F. The van der Waals surface area contributed by atoms with Crippen molar-refractivity contribution in [3.05, 3.63) is 84.2 Å². The van der Waals surface area contributed by atoms with Gasteiger partial charge in [0.25, 0.3) is 5.91 Å². The maximum Gasteiger partial charge on any atom is 0.339 e. The van der Waals surface area contributed by atoms with E-state index in [9.17, 15) is 14.0 Å². The highest BCUT2D eigenvalue weighted by molar-refractivity contribution is 6.00. The molecule has 0 aromatic heterocycles. The fraction of sp³-hybridized carbons (Fsp3) is 0.130. The van der Waals surface area contributed by atoms with Crippen LogP contribution in [-0.2, 0) is 9.53 Å². The summed E-state index contributed by atoms with van der Waals surface area (Å²) in [4.78, 5) is 24.8. The molecule has 0 aliphatic rings. The molecule has 6 heteroatoms. The standard InChI is InChI=1S/C23H20FNO4/c1-15(29-23(27)17-12-13-21(28-2)19(24)14-17)22(26)25-20-11-7-6-10-18(20)16-8-4-3-5-9-16/h3-15H,1-2H3,(H,25,26). The summed E-state index contributed by atoms with van der Waals surface area (Å²) < 4.78 is 23.8. The van der Waals surface area contributed by atoms with Gasteiger partial charge in [-0.1, -0.05) is 48.5 Å². The van der Waals surface area contributed by atoms with Crippen molar-refractivity contribution < 1.29 is 23.5 Å². The van der Waals surface area contributed by atoms with Crippen LogP contribution in [0.5, 0.6) is 5.75 Å². The molecule has 5 nitrogen and oxygen atoms in total. The van der Waals surface area contributed by atoms with Gasteiger partial charge in [-0.25, -0.2) is 9.18 Å². The van der Waals surface area contributed by atoms with Gasteiger partial charge in [-0.05, 0) is 36.8 Å². The van der Waals surface area contributed by atoms with Crippen molar-refractivity contribution in [3.63, 3.8) is 0 Å². The Bertz CT molecular complexity index is 1020. The van der Waals surface area contributed by atoms with Gasteiger partial charge in [0.2, 0.25) is 0 Å². The van der Waals surface area contributed by atoms with E-state index in [1.54, 1.807) is 12.1 Å². The van der Waals surface area contributed by atoms with E-state index < -0.39 is 23.8 Å². The Balaban J connectivity index is 1.70. The van der Waals surface area contributed by atoms with Crippen LogP contribution in [-0.4, -0.2) is 25.1 Å². The minimum absolute atomic E-state index is 0.00682. The number of esters is 1. The van der Waals surface area contributed by atoms with Gasteiger partial charge in [0, 0.05) is 11.3 Å². The smallest absolute Gasteiger partial charge is 0.339 e. The molecule has 0 aliphatic carbocycles. The van der Waals surface area contributed by atoms with Gasteiger partial charge in [0.15, 0.2) is 17.7 Å². The number of nitrogens with one attached hydrogen (secondary N) is 1. The van der Waals surface area contributed by atoms with Crippen molar-refractivity contribution in [2.45, 2.75) is 13.0 Å². The zero-order valence-corrected chi connectivity index (χ0v) is 16.0. The number of anilines is 1. The van der Waals surface area contributed by atoms with E-state index in [1.807, 2.05) is 42.5 Å². The molecular weight excluding hydrogens is 373 g/mol. The third-order valence-corrected chi connectivity index (χ3v) is 4.31. The summed E-state index contributed by atoms with van der Waals surface area (Å²) in [5.41, 5.74) is 2.38. The quantitative estimate of drug-likeness (QED) is 0.618. The van der Waals surface area contributed by atoms with Crippen molar-refractivity contribution in [1.82, 2.24) is 0 Å². The summed E-state index contributed by atoms with van der Waals surface area (Å²) in [5.74, 6) is -1.96. The number of rotatable bonds is 6. The minimum atomic E-state index is -1.07. The van der Waals surface area contributed by atoms with E-state index >= 15 is 0 Å². The van der Waals surface area contributed by atoms with E-state index in [4.69, 9.17) is 9.47 Å². The molecule has 0 aliphatic heterocycles. The Labute approximate surface area is 168 Å². The van der Waals surface area contributed by atoms with Crippen LogP contribution in [0.15, 0.2) is 72.8 Å². The van der Waals surface area contributed by atoms with E-state index in [1.165, 1.54) is 26.2 Å². The normalized spacial score (nSPS) is 11.4. The molecule has 3 aromatic rings. The summed E-state index contributed by atoms with van der Waals surface area (Å²) in [5, 5.41) is 2.79. The van der Waals surface area contributed by atoms with Gasteiger partial charge in [0.05, 0.1) is 12.7 Å². The number of methoxy groups -OCH3 is 1. The first-order valence-corrected chi connectivity index (χ1v) is 8.99. The third kappa shape index (κ3) is 4.79. The second-order valence-corrected chi connectivity index (χ2v) is 6.30. The number of benzene rings is 3. The summed E-state index contributed by atoms with van der Waals surface area (Å²) in [6.45, 7) is 1.46. The molecule has 1 N–H and O–H groups in total. The first kappa shape index (κ1) is 20.1. The highest BCUT2D eigenvalue weighted by Gasteiger charge is 2.21. The molecule has 29 heavy (non-hydrogen) atoms. The molecule has 1 unspecified atom stereocenters. The number of carbonyl (C=O) groups is 2. The number of amides is 1. The molecule has 0 saturated heterocycles. The molecule has 3 rings (SSSR count). The number of hydrogen-bond donors (Lipinski definition) is 1. The molecule has 1 amide bonds. The number of para-hydroxylation sites is 1. The first-order valence-electron chi connectivity index (χ1n) is 8.99. The summed E-state index contributed by atoms with van der Waals surface area (Å²) >= 11 is 0. The number of carbonyl (C=O) groups excluding carboxylic acids is 2. The first-order chi connectivity index (χ1) is 14.0. The lowest BCUT2D eigenvalue weighted by atomic mass is 10.0. The predicted octanol–water partition coefficient (Wildman–Crippen LogP) is 4.69. The van der Waals surface area contributed by atoms with Gasteiger partial charge >= 0.3 is 5.97 Å². The van der Waals surface area contributed by atoms with Crippen LogP contribution in [0, 0.1) is 5.82 Å². The van der Waals surface area contributed by atoms with Crippen LogP contribution in [0.25, 0.3) is 11.1 Å². The second-order valence-electron chi connectivity index (χ2n) is 6.30. The van der Waals surface area contributed by atoms with Crippen molar-refractivity contribution >= 4 is 17.6 Å². The monoisotopic (exact) mass is 393 g/mol. The zero-order valence-electron chi connectivity index (χ0n) is 16.0. The minimum Gasteiger partial charge on any atom is -0.494 e. The maximum absolute atomic E-state index is 13.8. The van der Waals surface area contributed by atoms with Crippen LogP contribution in [0.3, 0.4) is 0 Å². The van der Waals surface area contributed by atoms with E-state index in [0.29, 0.717) is 5.69 Å². The Morgan fingerprint density at radius 2 is 1.66 bits per heavy atom. The van der Waals surface area contributed by atoms with Crippen LogP contribution in [0.2, 0.25) is 0 Å². The fourth-order valence-corrected chi connectivity index (χ4v) is 2.77. The summed E-state index contributed by atoms with van der Waals surface area (Å²) in [6, 6.07) is 20.7. The lowest BCUT2D eigenvalue weighted by Crippen LogP contribution is -2.30. The van der Waals surface area contributed by atoms with Crippen molar-refractivity contribution in [1.29, 1.82) is 0 Å². The van der Waals surface area contributed by atoms with E-state index in [-0.39, 0.29) is 11.3 Å². The average Bonchev–Trinajstić information content (AvgIpc) is 2.74. The van der Waals surface area contributed by atoms with E-state index in [2.05, 4.69) is 5.32 Å². The van der Waals surface area contributed by atoms with Crippen molar-refractivity contribution in [2.24, 2.45) is 0 Å². The van der Waals surface area contributed by atoms with Crippen LogP contribution >= 0.6 is 0 Å². The molecule has 0 radical (unpaired) electrons. The summed E-state index contributed by atoms with van der Waals surface area (Å²) in [7, 11) is 1.33. The predicted molar refractivity (Wildman–Crippen MR) is 108 cm³/mol. The van der Waals surface area contributed by atoms with Gasteiger partial charge in [-0.15, -0.1) is 0 Å². The molecule has 0 heterocycles. The molecule has 0 spiro atoms. The lowest BCUT2D eigenvalue weighted by molar-refractivity contribution is -0.123. The molecule has 148 valence electrons. The fourth-order valence-electron chi connectivity index (χ4n) is 2.77. The Hall–Kier alpha value is -3.67. The number of halogens is 1. The third-order valence-electron chi connectivity index (χ3n) is 4.31. The van der Waals surface area contributed by atoms with E-state index in [0.717, 1.165) is 17.2 Å². The number of ether oxygens (including phenoxy) is 2. The van der Waals surface area contributed by atoms with Gasteiger partial charge < -0.3 is 14.8 Å². The van der Waals surface area contributed by atoms with Crippen molar-refractivity contribution in [3.8, 4) is 16.9 Å². The Kier molecular flexibility index (Phi) is 6.24. The highest BCUT2D eigenvalue weighted by atomic mass is 19.1. The highest BCUT2D eigenvalue weighted by Crippen LogP contribution is 2.27. The molecule has 0 bridgehead atoms. The van der Waals surface area contributed by atoms with Gasteiger partial charge in [-0.2, -0.15) is 0 Å². The molecular formula is C23H20FNO4. The molecule has 0 fully saturated rings. The average molecular weight is 393 g/mol. The van der Waals surface area contributed by atoms with Crippen LogP contribution in [0.4, 0.5) is 10.1 Å². The topological polar surface area (TPSA) is 64.6 Å². The van der Waals surface area contributed by atoms with Gasteiger partial charge in [0.1, 0.15) is 0 Å². The Morgan fingerprint density at radius 3 is 2.34 bits per heavy atom. The second kappa shape index (κ2) is 9.01. The molecule has 3 aromatic carbocycles. The largest absolute Gasteiger partial charge is 0.494 e. The summed E-state index contributed by atoms with van der Waals surface area (Å²) in [6.07, 6.45) is -1.07.